The molecule has 0 heterocycles. The molecule has 1 aliphatic rings. The van der Waals surface area contributed by atoms with Crippen molar-refractivity contribution in [2.24, 2.45) is 5.92 Å². The van der Waals surface area contributed by atoms with Crippen LogP contribution in [0, 0.1) is 5.92 Å². The van der Waals surface area contributed by atoms with Gasteiger partial charge in [0.05, 0.1) is 0 Å². The monoisotopic (exact) mass is 255 g/mol. The molecule has 2 rings (SSSR count). The minimum absolute atomic E-state index is 0.228. The van der Waals surface area contributed by atoms with E-state index in [1.165, 1.54) is 12.0 Å². The largest absolute Gasteiger partial charge is 0.435 e. The molecular weight excluding hydrogens is 236 g/mol. The molecule has 0 saturated heterocycles. The summed E-state index contributed by atoms with van der Waals surface area (Å²) in [5.74, 6) is 1.47. The average molecular weight is 255 g/mol. The van der Waals surface area contributed by atoms with Crippen molar-refractivity contribution in [2.45, 2.75) is 38.8 Å². The zero-order valence-corrected chi connectivity index (χ0v) is 10.7. The van der Waals surface area contributed by atoms with Crippen molar-refractivity contribution in [3.05, 3.63) is 29.8 Å². The Hall–Kier alpha value is -1.16. The van der Waals surface area contributed by atoms with Gasteiger partial charge in [0.2, 0.25) is 0 Å². The van der Waals surface area contributed by atoms with E-state index in [1.54, 1.807) is 12.1 Å². The summed E-state index contributed by atoms with van der Waals surface area (Å²) < 4.78 is 28.3. The molecule has 0 aromatic heterocycles. The predicted molar refractivity (Wildman–Crippen MR) is 67.1 cm³/mol. The SMILES string of the molecule is CC(C)NCC1CC1c1ccc(OC(F)F)cc1. The summed E-state index contributed by atoms with van der Waals surface area (Å²) in [5, 5.41) is 3.42. The first-order chi connectivity index (χ1) is 8.56. The number of rotatable bonds is 6. The molecule has 18 heavy (non-hydrogen) atoms. The van der Waals surface area contributed by atoms with Crippen molar-refractivity contribution >= 4 is 0 Å². The van der Waals surface area contributed by atoms with Crippen LogP contribution in [0.25, 0.3) is 0 Å². The molecule has 2 atom stereocenters. The van der Waals surface area contributed by atoms with E-state index in [4.69, 9.17) is 0 Å². The molecule has 2 nitrogen and oxygen atoms in total. The number of benzene rings is 1. The number of hydrogen-bond acceptors (Lipinski definition) is 2. The van der Waals surface area contributed by atoms with Crippen molar-refractivity contribution in [1.29, 1.82) is 0 Å². The Labute approximate surface area is 106 Å². The highest BCUT2D eigenvalue weighted by molar-refractivity contribution is 5.32. The molecule has 1 aromatic rings. The Bertz CT molecular complexity index is 378. The third-order valence-electron chi connectivity index (χ3n) is 3.24. The van der Waals surface area contributed by atoms with Gasteiger partial charge in [0.15, 0.2) is 0 Å². The minimum atomic E-state index is -2.75. The smallest absolute Gasteiger partial charge is 0.387 e. The molecule has 1 N–H and O–H groups in total. The molecule has 1 saturated carbocycles. The lowest BCUT2D eigenvalue weighted by Crippen LogP contribution is -2.25. The molecular formula is C14H19F2NO. The predicted octanol–water partition coefficient (Wildman–Crippen LogP) is 3.39. The van der Waals surface area contributed by atoms with Gasteiger partial charge < -0.3 is 10.1 Å². The first-order valence-corrected chi connectivity index (χ1v) is 6.34. The maximum Gasteiger partial charge on any atom is 0.387 e. The quantitative estimate of drug-likeness (QED) is 0.841. The Morgan fingerprint density at radius 2 is 1.94 bits per heavy atom. The summed E-state index contributed by atoms with van der Waals surface area (Å²) in [4.78, 5) is 0. The van der Waals surface area contributed by atoms with E-state index in [0.29, 0.717) is 17.9 Å². The van der Waals surface area contributed by atoms with Gasteiger partial charge in [-0.25, -0.2) is 0 Å². The van der Waals surface area contributed by atoms with Crippen LogP contribution in [-0.4, -0.2) is 19.2 Å². The van der Waals surface area contributed by atoms with Crippen LogP contribution in [0.3, 0.4) is 0 Å². The topological polar surface area (TPSA) is 21.3 Å². The van der Waals surface area contributed by atoms with Crippen molar-refractivity contribution in [1.82, 2.24) is 5.32 Å². The normalized spacial score (nSPS) is 22.6. The van der Waals surface area contributed by atoms with Crippen LogP contribution in [-0.2, 0) is 0 Å². The zero-order chi connectivity index (χ0) is 13.1. The summed E-state index contributed by atoms with van der Waals surface area (Å²) in [6.45, 7) is 2.54. The van der Waals surface area contributed by atoms with Gasteiger partial charge in [0.25, 0.3) is 0 Å². The first kappa shape index (κ1) is 13.3. The van der Waals surface area contributed by atoms with Crippen LogP contribution in [0.15, 0.2) is 24.3 Å². The van der Waals surface area contributed by atoms with Gasteiger partial charge in [-0.05, 0) is 42.5 Å². The summed E-state index contributed by atoms with van der Waals surface area (Å²) in [7, 11) is 0. The maximum absolute atomic E-state index is 12.0. The van der Waals surface area contributed by atoms with E-state index in [1.807, 2.05) is 12.1 Å². The fraction of sp³-hybridized carbons (Fsp3) is 0.571. The summed E-state index contributed by atoms with van der Waals surface area (Å²) in [5.41, 5.74) is 1.21. The van der Waals surface area contributed by atoms with Gasteiger partial charge in [0, 0.05) is 6.04 Å². The van der Waals surface area contributed by atoms with E-state index < -0.39 is 6.61 Å². The molecule has 2 unspecified atom stereocenters. The number of nitrogens with one attached hydrogen (secondary N) is 1. The lowest BCUT2D eigenvalue weighted by molar-refractivity contribution is -0.0498. The Balaban J connectivity index is 1.84. The Kier molecular flexibility index (Phi) is 4.17. The standard InChI is InChI=1S/C14H19F2NO/c1-9(2)17-8-11-7-13(11)10-3-5-12(6-4-10)18-14(15)16/h3-6,9,11,13-14,17H,7-8H2,1-2H3. The average Bonchev–Trinajstić information content (AvgIpc) is 3.06. The molecule has 1 fully saturated rings. The highest BCUT2D eigenvalue weighted by Crippen LogP contribution is 2.47. The van der Waals surface area contributed by atoms with Crippen molar-refractivity contribution in [3.63, 3.8) is 0 Å². The Morgan fingerprint density at radius 3 is 2.50 bits per heavy atom. The van der Waals surface area contributed by atoms with Crippen LogP contribution in [0.2, 0.25) is 0 Å². The third-order valence-corrected chi connectivity index (χ3v) is 3.24. The molecule has 0 aliphatic heterocycles. The molecule has 0 amide bonds. The second-order valence-electron chi connectivity index (χ2n) is 5.11. The van der Waals surface area contributed by atoms with Crippen LogP contribution < -0.4 is 10.1 Å². The van der Waals surface area contributed by atoms with Crippen LogP contribution >= 0.6 is 0 Å². The van der Waals surface area contributed by atoms with Gasteiger partial charge in [-0.15, -0.1) is 0 Å². The minimum Gasteiger partial charge on any atom is -0.435 e. The van der Waals surface area contributed by atoms with E-state index in [2.05, 4.69) is 23.9 Å². The second-order valence-corrected chi connectivity index (χ2v) is 5.11. The maximum atomic E-state index is 12.0. The lowest BCUT2D eigenvalue weighted by atomic mass is 10.1. The molecule has 0 spiro atoms. The molecule has 100 valence electrons. The summed E-state index contributed by atoms with van der Waals surface area (Å²) >= 11 is 0. The molecule has 0 bridgehead atoms. The van der Waals surface area contributed by atoms with Crippen molar-refractivity contribution in [2.75, 3.05) is 6.54 Å². The lowest BCUT2D eigenvalue weighted by Gasteiger charge is -2.08. The van der Waals surface area contributed by atoms with Gasteiger partial charge >= 0.3 is 6.61 Å². The number of alkyl halides is 2. The van der Waals surface area contributed by atoms with Gasteiger partial charge in [0.1, 0.15) is 5.75 Å². The second kappa shape index (κ2) is 5.65. The van der Waals surface area contributed by atoms with E-state index >= 15 is 0 Å². The zero-order valence-electron chi connectivity index (χ0n) is 10.7. The molecule has 0 radical (unpaired) electrons. The van der Waals surface area contributed by atoms with E-state index in [9.17, 15) is 8.78 Å². The highest BCUT2D eigenvalue weighted by Gasteiger charge is 2.37. The number of ether oxygens (including phenoxy) is 1. The van der Waals surface area contributed by atoms with Crippen molar-refractivity contribution in [3.8, 4) is 5.75 Å². The highest BCUT2D eigenvalue weighted by atomic mass is 19.3. The van der Waals surface area contributed by atoms with E-state index in [-0.39, 0.29) is 5.75 Å². The van der Waals surface area contributed by atoms with Gasteiger partial charge in [-0.3, -0.25) is 0 Å². The fourth-order valence-corrected chi connectivity index (χ4v) is 2.16. The van der Waals surface area contributed by atoms with Crippen LogP contribution in [0.5, 0.6) is 5.75 Å². The van der Waals surface area contributed by atoms with Gasteiger partial charge in [-0.1, -0.05) is 26.0 Å². The summed E-state index contributed by atoms with van der Waals surface area (Å²) in [6, 6.07) is 7.52. The molecule has 4 heteroatoms. The molecule has 1 aliphatic carbocycles. The number of hydrogen-bond donors (Lipinski definition) is 1. The fourth-order valence-electron chi connectivity index (χ4n) is 2.16. The van der Waals surface area contributed by atoms with Gasteiger partial charge in [-0.2, -0.15) is 8.78 Å². The number of halogens is 2. The van der Waals surface area contributed by atoms with Crippen molar-refractivity contribution < 1.29 is 13.5 Å². The Morgan fingerprint density at radius 1 is 1.28 bits per heavy atom. The van der Waals surface area contributed by atoms with Crippen LogP contribution in [0.1, 0.15) is 31.7 Å². The van der Waals surface area contributed by atoms with E-state index in [0.717, 1.165) is 6.54 Å². The summed E-state index contributed by atoms with van der Waals surface area (Å²) in [6.07, 6.45) is 1.18. The third kappa shape index (κ3) is 3.67. The van der Waals surface area contributed by atoms with Crippen LogP contribution in [0.4, 0.5) is 8.78 Å². The first-order valence-electron chi connectivity index (χ1n) is 6.34. The molecule has 1 aromatic carbocycles.